The van der Waals surface area contributed by atoms with Gasteiger partial charge in [-0.05, 0) is 50.9 Å². The number of hydrogen-bond donors (Lipinski definition) is 2. The molecule has 0 spiro atoms. The van der Waals surface area contributed by atoms with Crippen LogP contribution in [0.3, 0.4) is 0 Å². The van der Waals surface area contributed by atoms with Gasteiger partial charge >= 0.3 is 0 Å². The van der Waals surface area contributed by atoms with Crippen molar-refractivity contribution in [2.24, 2.45) is 12.0 Å². The molecular formula is C23H39IN6O. The number of furan rings is 1. The third kappa shape index (κ3) is 6.97. The van der Waals surface area contributed by atoms with Crippen molar-refractivity contribution < 1.29 is 4.42 Å². The SMILES string of the molecule is CCc1nn(C)c(CC)c1CN=C(NCCc1ccco1)NCC1CCCN1CC.I. The highest BCUT2D eigenvalue weighted by molar-refractivity contribution is 14.0. The molecule has 2 aromatic rings. The molecule has 0 aliphatic carbocycles. The van der Waals surface area contributed by atoms with Crippen LogP contribution in [-0.2, 0) is 32.9 Å². The zero-order valence-corrected chi connectivity index (χ0v) is 21.8. The molecule has 1 unspecified atom stereocenters. The van der Waals surface area contributed by atoms with Crippen LogP contribution >= 0.6 is 24.0 Å². The van der Waals surface area contributed by atoms with Crippen molar-refractivity contribution in [2.45, 2.75) is 65.5 Å². The third-order valence-corrected chi connectivity index (χ3v) is 6.08. The first-order chi connectivity index (χ1) is 14.7. The minimum Gasteiger partial charge on any atom is -0.469 e. The molecular weight excluding hydrogens is 503 g/mol. The molecule has 31 heavy (non-hydrogen) atoms. The fourth-order valence-electron chi connectivity index (χ4n) is 4.42. The van der Waals surface area contributed by atoms with E-state index >= 15 is 0 Å². The second-order valence-corrected chi connectivity index (χ2v) is 7.93. The Kier molecular flexibility index (Phi) is 10.9. The maximum atomic E-state index is 5.46. The van der Waals surface area contributed by atoms with Crippen LogP contribution in [0.2, 0.25) is 0 Å². The minimum atomic E-state index is 0. The second-order valence-electron chi connectivity index (χ2n) is 7.93. The van der Waals surface area contributed by atoms with Crippen LogP contribution in [0.1, 0.15) is 56.3 Å². The molecule has 2 aromatic heterocycles. The average molecular weight is 543 g/mol. The van der Waals surface area contributed by atoms with Gasteiger partial charge in [-0.2, -0.15) is 5.10 Å². The molecule has 0 amide bonds. The Balaban J connectivity index is 0.00000341. The number of likely N-dealkylation sites (N-methyl/N-ethyl adjacent to an activating group) is 1. The van der Waals surface area contributed by atoms with Gasteiger partial charge in [-0.1, -0.05) is 20.8 Å². The summed E-state index contributed by atoms with van der Waals surface area (Å²) in [6.07, 6.45) is 7.00. The van der Waals surface area contributed by atoms with Crippen LogP contribution in [0.15, 0.2) is 27.8 Å². The Morgan fingerprint density at radius 2 is 2.10 bits per heavy atom. The molecule has 2 N–H and O–H groups in total. The monoisotopic (exact) mass is 542 g/mol. The first kappa shape index (κ1) is 25.7. The molecule has 0 bridgehead atoms. The summed E-state index contributed by atoms with van der Waals surface area (Å²) in [6, 6.07) is 4.53. The molecule has 3 rings (SSSR count). The Morgan fingerprint density at radius 1 is 1.26 bits per heavy atom. The molecule has 3 heterocycles. The van der Waals surface area contributed by atoms with Gasteiger partial charge in [-0.15, -0.1) is 24.0 Å². The zero-order chi connectivity index (χ0) is 21.3. The maximum absolute atomic E-state index is 5.46. The van der Waals surface area contributed by atoms with Crippen LogP contribution < -0.4 is 10.6 Å². The molecule has 1 aliphatic rings. The number of aryl methyl sites for hydroxylation is 2. The van der Waals surface area contributed by atoms with Crippen molar-refractivity contribution in [1.29, 1.82) is 0 Å². The molecule has 1 atom stereocenters. The van der Waals surface area contributed by atoms with Crippen LogP contribution in [0.25, 0.3) is 0 Å². The zero-order valence-electron chi connectivity index (χ0n) is 19.5. The second kappa shape index (κ2) is 13.1. The Labute approximate surface area is 204 Å². The lowest BCUT2D eigenvalue weighted by Gasteiger charge is -2.24. The largest absolute Gasteiger partial charge is 0.469 e. The Bertz CT molecular complexity index is 801. The van der Waals surface area contributed by atoms with E-state index in [9.17, 15) is 0 Å². The van der Waals surface area contributed by atoms with Crippen molar-refractivity contribution in [3.8, 4) is 0 Å². The molecule has 8 heteroatoms. The van der Waals surface area contributed by atoms with E-state index in [1.165, 1.54) is 30.6 Å². The van der Waals surface area contributed by atoms with E-state index in [-0.39, 0.29) is 24.0 Å². The van der Waals surface area contributed by atoms with Gasteiger partial charge in [0.2, 0.25) is 0 Å². The van der Waals surface area contributed by atoms with Gasteiger partial charge in [0.05, 0.1) is 18.5 Å². The molecule has 1 aliphatic heterocycles. The summed E-state index contributed by atoms with van der Waals surface area (Å²) in [5.41, 5.74) is 3.70. The van der Waals surface area contributed by atoms with Crippen molar-refractivity contribution in [3.63, 3.8) is 0 Å². The highest BCUT2D eigenvalue weighted by Gasteiger charge is 2.23. The lowest BCUT2D eigenvalue weighted by molar-refractivity contribution is 0.267. The molecule has 0 radical (unpaired) electrons. The van der Waals surface area contributed by atoms with Crippen molar-refractivity contribution in [1.82, 2.24) is 25.3 Å². The number of guanidine groups is 1. The van der Waals surface area contributed by atoms with Gasteiger partial charge in [-0.3, -0.25) is 9.58 Å². The van der Waals surface area contributed by atoms with Crippen LogP contribution in [0, 0.1) is 0 Å². The van der Waals surface area contributed by atoms with Gasteiger partial charge in [0.15, 0.2) is 5.96 Å². The normalized spacial score (nSPS) is 17.0. The van der Waals surface area contributed by atoms with Crippen LogP contribution in [0.4, 0.5) is 0 Å². The standard InChI is InChI=1S/C23H38N6O.HI/c1-5-21-20(22(6-2)28(4)27-21)17-26-23(24-13-12-19-11-9-15-30-19)25-16-18-10-8-14-29(18)7-3;/h9,11,15,18H,5-8,10,12-14,16-17H2,1-4H3,(H2,24,25,26);1H. The van der Waals surface area contributed by atoms with E-state index in [0.717, 1.165) is 56.3 Å². The highest BCUT2D eigenvalue weighted by atomic mass is 127. The van der Waals surface area contributed by atoms with Crippen molar-refractivity contribution >= 4 is 29.9 Å². The van der Waals surface area contributed by atoms with E-state index in [1.54, 1.807) is 6.26 Å². The van der Waals surface area contributed by atoms with Gasteiger partial charge in [0, 0.05) is 43.9 Å². The fourth-order valence-corrected chi connectivity index (χ4v) is 4.42. The number of likely N-dealkylation sites (tertiary alicyclic amines) is 1. The number of aliphatic imine (C=N–C) groups is 1. The number of halogens is 1. The highest BCUT2D eigenvalue weighted by Crippen LogP contribution is 2.17. The molecule has 0 saturated carbocycles. The summed E-state index contributed by atoms with van der Waals surface area (Å²) in [7, 11) is 2.03. The van der Waals surface area contributed by atoms with Gasteiger partial charge in [0.25, 0.3) is 0 Å². The lowest BCUT2D eigenvalue weighted by Crippen LogP contribution is -2.45. The van der Waals surface area contributed by atoms with E-state index < -0.39 is 0 Å². The third-order valence-electron chi connectivity index (χ3n) is 6.08. The average Bonchev–Trinajstić information content (AvgIpc) is 3.49. The number of rotatable bonds is 10. The molecule has 1 saturated heterocycles. The van der Waals surface area contributed by atoms with Crippen LogP contribution in [0.5, 0.6) is 0 Å². The van der Waals surface area contributed by atoms with Gasteiger partial charge in [-0.25, -0.2) is 4.99 Å². The number of nitrogens with zero attached hydrogens (tertiary/aromatic N) is 4. The van der Waals surface area contributed by atoms with Gasteiger partial charge < -0.3 is 15.1 Å². The maximum Gasteiger partial charge on any atom is 0.191 e. The summed E-state index contributed by atoms with van der Waals surface area (Å²) in [5, 5.41) is 11.8. The lowest BCUT2D eigenvalue weighted by atomic mass is 10.1. The molecule has 0 aromatic carbocycles. The van der Waals surface area contributed by atoms with E-state index in [1.807, 2.05) is 23.9 Å². The first-order valence-electron chi connectivity index (χ1n) is 11.5. The van der Waals surface area contributed by atoms with Crippen molar-refractivity contribution in [2.75, 3.05) is 26.2 Å². The Morgan fingerprint density at radius 3 is 2.77 bits per heavy atom. The molecule has 174 valence electrons. The fraction of sp³-hybridized carbons (Fsp3) is 0.652. The first-order valence-corrected chi connectivity index (χ1v) is 11.5. The predicted molar refractivity (Wildman–Crippen MR) is 137 cm³/mol. The summed E-state index contributed by atoms with van der Waals surface area (Å²) in [6.45, 7) is 11.3. The van der Waals surface area contributed by atoms with E-state index in [0.29, 0.717) is 12.6 Å². The number of nitrogens with one attached hydrogen (secondary N) is 2. The van der Waals surface area contributed by atoms with Crippen molar-refractivity contribution in [3.05, 3.63) is 41.1 Å². The predicted octanol–water partition coefficient (Wildman–Crippen LogP) is 3.52. The summed E-state index contributed by atoms with van der Waals surface area (Å²) < 4.78 is 7.47. The number of aromatic nitrogens is 2. The van der Waals surface area contributed by atoms with Gasteiger partial charge in [0.1, 0.15) is 5.76 Å². The smallest absolute Gasteiger partial charge is 0.191 e. The number of hydrogen-bond acceptors (Lipinski definition) is 4. The summed E-state index contributed by atoms with van der Waals surface area (Å²) >= 11 is 0. The van der Waals surface area contributed by atoms with E-state index in [4.69, 9.17) is 14.5 Å². The topological polar surface area (TPSA) is 70.6 Å². The minimum absolute atomic E-state index is 0. The Hall–Kier alpha value is -1.55. The molecule has 1 fully saturated rings. The quantitative estimate of drug-likeness (QED) is 0.273. The van der Waals surface area contributed by atoms with Crippen LogP contribution in [-0.4, -0.2) is 52.9 Å². The summed E-state index contributed by atoms with van der Waals surface area (Å²) in [4.78, 5) is 7.50. The van der Waals surface area contributed by atoms with E-state index in [2.05, 4.69) is 36.3 Å². The summed E-state index contributed by atoms with van der Waals surface area (Å²) in [5.74, 6) is 1.86. The molecule has 7 nitrogen and oxygen atoms in total.